The normalized spacial score (nSPS) is 12.0. The molecule has 1 aliphatic rings. The molecule has 0 heterocycles. The Bertz CT molecular complexity index is 3340. The third-order valence-electron chi connectivity index (χ3n) is 13.0. The van der Waals surface area contributed by atoms with Crippen molar-refractivity contribution in [2.45, 2.75) is 12.8 Å². The van der Waals surface area contributed by atoms with Gasteiger partial charge in [-0.3, -0.25) is 0 Å². The minimum Gasteiger partial charge on any atom is -0.311 e. The lowest BCUT2D eigenvalue weighted by Crippen LogP contribution is -2.10. The fourth-order valence-electron chi connectivity index (χ4n) is 9.63. The summed E-state index contributed by atoms with van der Waals surface area (Å²) < 4.78 is 0. The Morgan fingerprint density at radius 3 is 1.04 bits per heavy atom. The van der Waals surface area contributed by atoms with E-state index in [0.717, 1.165) is 47.0 Å². The topological polar surface area (TPSA) is 6.48 Å². The summed E-state index contributed by atoms with van der Waals surface area (Å²) in [6.45, 7) is 0. The molecule has 0 aromatic heterocycles. The number of allylic oxidation sites excluding steroid dienone is 4. The molecule has 68 heavy (non-hydrogen) atoms. The van der Waals surface area contributed by atoms with Crippen molar-refractivity contribution in [2.75, 3.05) is 9.80 Å². The largest absolute Gasteiger partial charge is 0.311 e. The monoisotopic (exact) mass is 870 g/mol. The first-order valence-corrected chi connectivity index (χ1v) is 23.6. The number of hydrogen-bond acceptors (Lipinski definition) is 2. The maximum Gasteiger partial charge on any atom is 0.0468 e. The standard InChI is InChI=1S/C66H50N2/c1-6-20-49(21-7-1)51-34-40-57(41-35-51)67(55-26-12-4-13-27-55)58-44-38-54(39-45-58)61-30-16-17-31-62(61)63-32-18-19-33-64(63)65-47-46-60(48-66(65)53-24-10-3-11-25-53)68(56-28-14-5-15-29-56)59-42-36-52(37-43-59)50-22-8-2-9-23-50/h1-10,12-24,26-48H,11,25H2. The summed E-state index contributed by atoms with van der Waals surface area (Å²) in [4.78, 5) is 4.71. The van der Waals surface area contributed by atoms with Crippen LogP contribution in [0, 0.1) is 0 Å². The van der Waals surface area contributed by atoms with Gasteiger partial charge in [-0.05, 0) is 152 Å². The van der Waals surface area contributed by atoms with Gasteiger partial charge in [-0.25, -0.2) is 0 Å². The smallest absolute Gasteiger partial charge is 0.0468 e. The molecule has 0 aliphatic heterocycles. The van der Waals surface area contributed by atoms with E-state index in [1.54, 1.807) is 0 Å². The Kier molecular flexibility index (Phi) is 12.0. The number of rotatable bonds is 12. The molecule has 0 fully saturated rings. The van der Waals surface area contributed by atoms with Gasteiger partial charge >= 0.3 is 0 Å². The zero-order chi connectivity index (χ0) is 45.5. The highest BCUT2D eigenvalue weighted by Gasteiger charge is 2.21. The van der Waals surface area contributed by atoms with Crippen LogP contribution >= 0.6 is 0 Å². The maximum absolute atomic E-state index is 2.41. The van der Waals surface area contributed by atoms with Crippen molar-refractivity contribution in [3.63, 3.8) is 0 Å². The summed E-state index contributed by atoms with van der Waals surface area (Å²) in [6.07, 6.45) is 8.79. The Hall–Kier alpha value is -8.72. The van der Waals surface area contributed by atoms with Crippen molar-refractivity contribution in [3.05, 3.63) is 285 Å². The third-order valence-corrected chi connectivity index (χ3v) is 13.0. The molecule has 0 unspecified atom stereocenters. The van der Waals surface area contributed by atoms with Gasteiger partial charge in [0, 0.05) is 34.1 Å². The van der Waals surface area contributed by atoms with Crippen LogP contribution < -0.4 is 9.80 Å². The van der Waals surface area contributed by atoms with E-state index in [0.29, 0.717) is 0 Å². The summed E-state index contributed by atoms with van der Waals surface area (Å²) in [5.74, 6) is 0. The van der Waals surface area contributed by atoms with Crippen LogP contribution in [0.2, 0.25) is 0 Å². The predicted molar refractivity (Wildman–Crippen MR) is 289 cm³/mol. The van der Waals surface area contributed by atoms with Gasteiger partial charge in [0.15, 0.2) is 0 Å². The summed E-state index contributed by atoms with van der Waals surface area (Å²) >= 11 is 0. The molecule has 0 radical (unpaired) electrons. The highest BCUT2D eigenvalue weighted by Crippen LogP contribution is 2.45. The number of benzene rings is 10. The number of hydrogen-bond donors (Lipinski definition) is 0. The van der Waals surface area contributed by atoms with Crippen LogP contribution in [-0.2, 0) is 0 Å². The van der Waals surface area contributed by atoms with Gasteiger partial charge in [0.05, 0.1) is 0 Å². The van der Waals surface area contributed by atoms with Gasteiger partial charge in [0.2, 0.25) is 0 Å². The zero-order valence-electron chi connectivity index (χ0n) is 37.9. The van der Waals surface area contributed by atoms with Gasteiger partial charge < -0.3 is 9.80 Å². The maximum atomic E-state index is 2.41. The molecule has 10 aromatic rings. The van der Waals surface area contributed by atoms with Crippen molar-refractivity contribution >= 4 is 39.7 Å². The first-order chi connectivity index (χ1) is 33.7. The summed E-state index contributed by atoms with van der Waals surface area (Å²) in [5.41, 5.74) is 21.3. The lowest BCUT2D eigenvalue weighted by molar-refractivity contribution is 1.05. The van der Waals surface area contributed by atoms with Crippen molar-refractivity contribution < 1.29 is 0 Å². The highest BCUT2D eigenvalue weighted by atomic mass is 15.1. The average Bonchev–Trinajstić information content (AvgIpc) is 3.43. The number of anilines is 6. The molecular weight excluding hydrogens is 821 g/mol. The molecule has 11 rings (SSSR count). The molecule has 2 heteroatoms. The third kappa shape index (κ3) is 8.72. The highest BCUT2D eigenvalue weighted by molar-refractivity contribution is 5.96. The van der Waals surface area contributed by atoms with E-state index in [1.165, 1.54) is 66.8 Å². The van der Waals surface area contributed by atoms with Crippen LogP contribution in [0.3, 0.4) is 0 Å². The lowest BCUT2D eigenvalue weighted by atomic mass is 9.85. The van der Waals surface area contributed by atoms with E-state index in [2.05, 4.69) is 289 Å². The Morgan fingerprint density at radius 1 is 0.250 bits per heavy atom. The summed E-state index contributed by atoms with van der Waals surface area (Å²) in [7, 11) is 0. The fourth-order valence-corrected chi connectivity index (χ4v) is 9.63. The molecule has 10 aromatic carbocycles. The van der Waals surface area contributed by atoms with Gasteiger partial charge in [0.25, 0.3) is 0 Å². The van der Waals surface area contributed by atoms with Crippen LogP contribution in [0.25, 0.3) is 61.2 Å². The van der Waals surface area contributed by atoms with Gasteiger partial charge in [-0.2, -0.15) is 0 Å². The molecule has 0 atom stereocenters. The molecule has 0 spiro atoms. The predicted octanol–water partition coefficient (Wildman–Crippen LogP) is 18.7. The zero-order valence-corrected chi connectivity index (χ0v) is 37.9. The van der Waals surface area contributed by atoms with E-state index in [4.69, 9.17) is 0 Å². The second-order valence-corrected chi connectivity index (χ2v) is 17.2. The first kappa shape index (κ1) is 41.9. The second kappa shape index (κ2) is 19.4. The Labute approximate surface area is 400 Å². The van der Waals surface area contributed by atoms with E-state index in [1.807, 2.05) is 0 Å². The van der Waals surface area contributed by atoms with Crippen molar-refractivity contribution in [3.8, 4) is 55.6 Å². The van der Waals surface area contributed by atoms with E-state index >= 15 is 0 Å². The fraction of sp³-hybridized carbons (Fsp3) is 0.0303. The average molecular weight is 871 g/mol. The molecule has 2 nitrogen and oxygen atoms in total. The van der Waals surface area contributed by atoms with Crippen LogP contribution in [0.15, 0.2) is 279 Å². The van der Waals surface area contributed by atoms with E-state index < -0.39 is 0 Å². The lowest BCUT2D eigenvalue weighted by Gasteiger charge is -2.28. The van der Waals surface area contributed by atoms with Crippen molar-refractivity contribution in [1.29, 1.82) is 0 Å². The van der Waals surface area contributed by atoms with Crippen LogP contribution in [0.1, 0.15) is 18.4 Å². The van der Waals surface area contributed by atoms with Gasteiger partial charge in [-0.1, -0.05) is 206 Å². The molecule has 0 saturated heterocycles. The van der Waals surface area contributed by atoms with Gasteiger partial charge in [0.1, 0.15) is 0 Å². The molecule has 0 saturated carbocycles. The van der Waals surface area contributed by atoms with E-state index in [-0.39, 0.29) is 0 Å². The minimum atomic E-state index is 0.979. The van der Waals surface area contributed by atoms with E-state index in [9.17, 15) is 0 Å². The SMILES string of the molecule is C1=CCCC(c2cc(N(c3ccccc3)c3ccc(-c4ccccc4)cc3)ccc2-c2ccccc2-c2ccccc2-c2ccc(N(c3ccccc3)c3ccc(-c4ccccc4)cc3)cc2)=C1. The van der Waals surface area contributed by atoms with Crippen molar-refractivity contribution in [2.24, 2.45) is 0 Å². The number of nitrogens with zero attached hydrogens (tertiary/aromatic N) is 2. The number of para-hydroxylation sites is 2. The Morgan fingerprint density at radius 2 is 0.588 bits per heavy atom. The quantitative estimate of drug-likeness (QED) is 0.121. The van der Waals surface area contributed by atoms with Crippen molar-refractivity contribution in [1.82, 2.24) is 0 Å². The molecule has 1 aliphatic carbocycles. The summed E-state index contributed by atoms with van der Waals surface area (Å²) in [6, 6.07) is 94.2. The molecular formula is C66H50N2. The second-order valence-electron chi connectivity index (χ2n) is 17.2. The molecule has 0 amide bonds. The van der Waals surface area contributed by atoms with Crippen LogP contribution in [0.5, 0.6) is 0 Å². The molecule has 0 N–H and O–H groups in total. The van der Waals surface area contributed by atoms with Gasteiger partial charge in [-0.15, -0.1) is 0 Å². The van der Waals surface area contributed by atoms with Crippen LogP contribution in [-0.4, -0.2) is 0 Å². The summed E-state index contributed by atoms with van der Waals surface area (Å²) in [5, 5.41) is 0. The molecule has 0 bridgehead atoms. The first-order valence-electron chi connectivity index (χ1n) is 23.6. The molecule has 324 valence electrons. The Balaban J connectivity index is 0.974. The van der Waals surface area contributed by atoms with Crippen LogP contribution in [0.4, 0.5) is 34.1 Å². The minimum absolute atomic E-state index is 0.979.